The van der Waals surface area contributed by atoms with E-state index in [1.54, 1.807) is 0 Å². The molecule has 0 amide bonds. The predicted octanol–water partition coefficient (Wildman–Crippen LogP) is 2.86. The highest BCUT2D eigenvalue weighted by molar-refractivity contribution is 5.53. The molecule has 1 N–H and O–H groups in total. The van der Waals surface area contributed by atoms with Crippen LogP contribution in [0, 0.1) is 0 Å². The van der Waals surface area contributed by atoms with Crippen LogP contribution < -0.4 is 5.32 Å². The molecular formula is C19H24N4. The molecule has 4 heteroatoms. The summed E-state index contributed by atoms with van der Waals surface area (Å²) < 4.78 is 0. The average Bonchev–Trinajstić information content (AvgIpc) is 3.04. The third-order valence-corrected chi connectivity index (χ3v) is 5.16. The number of aromatic nitrogens is 2. The smallest absolute Gasteiger partial charge is 0.159 e. The lowest BCUT2D eigenvalue weighted by atomic mass is 9.99. The van der Waals surface area contributed by atoms with Crippen molar-refractivity contribution in [2.75, 3.05) is 13.1 Å². The van der Waals surface area contributed by atoms with Gasteiger partial charge in [-0.2, -0.15) is 0 Å². The van der Waals surface area contributed by atoms with E-state index in [4.69, 9.17) is 0 Å². The van der Waals surface area contributed by atoms with Crippen molar-refractivity contribution in [1.82, 2.24) is 20.2 Å². The SMILES string of the molecule is c1ccc(-c2ncc(CN[C@H]3CCN4CCCC[C@@H]34)cn2)cc1. The van der Waals surface area contributed by atoms with Gasteiger partial charge in [-0.25, -0.2) is 9.97 Å². The molecule has 2 saturated heterocycles. The Balaban J connectivity index is 1.36. The molecule has 0 unspecified atom stereocenters. The normalized spacial score (nSPS) is 24.5. The minimum absolute atomic E-state index is 0.629. The van der Waals surface area contributed by atoms with Crippen molar-refractivity contribution < 1.29 is 0 Å². The third-order valence-electron chi connectivity index (χ3n) is 5.16. The van der Waals surface area contributed by atoms with Crippen molar-refractivity contribution in [2.45, 2.75) is 44.3 Å². The molecule has 2 fully saturated rings. The number of rotatable bonds is 4. The summed E-state index contributed by atoms with van der Waals surface area (Å²) in [7, 11) is 0. The standard InChI is InChI=1S/C19H24N4/c1-2-6-16(7-3-1)19-21-13-15(14-22-19)12-20-17-9-11-23-10-5-4-8-18(17)23/h1-3,6-7,13-14,17-18,20H,4-5,8-12H2/t17-,18-/m0/s1. The lowest BCUT2D eigenvalue weighted by Gasteiger charge is -2.32. The highest BCUT2D eigenvalue weighted by Crippen LogP contribution is 2.27. The van der Waals surface area contributed by atoms with E-state index < -0.39 is 0 Å². The maximum atomic E-state index is 4.51. The predicted molar refractivity (Wildman–Crippen MR) is 91.9 cm³/mol. The summed E-state index contributed by atoms with van der Waals surface area (Å²) in [6.07, 6.45) is 9.28. The lowest BCUT2D eigenvalue weighted by molar-refractivity contribution is 0.180. The zero-order chi connectivity index (χ0) is 15.5. The van der Waals surface area contributed by atoms with Gasteiger partial charge in [0.05, 0.1) is 0 Å². The van der Waals surface area contributed by atoms with Gasteiger partial charge in [0.25, 0.3) is 0 Å². The summed E-state index contributed by atoms with van der Waals surface area (Å²) in [6.45, 7) is 3.41. The number of benzene rings is 1. The Hall–Kier alpha value is -1.78. The van der Waals surface area contributed by atoms with Crippen molar-refractivity contribution in [3.63, 3.8) is 0 Å². The Morgan fingerprint density at radius 3 is 2.65 bits per heavy atom. The zero-order valence-electron chi connectivity index (χ0n) is 13.5. The van der Waals surface area contributed by atoms with E-state index in [1.807, 2.05) is 42.7 Å². The summed E-state index contributed by atoms with van der Waals surface area (Å²) in [5.41, 5.74) is 2.24. The largest absolute Gasteiger partial charge is 0.308 e. The van der Waals surface area contributed by atoms with Gasteiger partial charge < -0.3 is 5.32 Å². The van der Waals surface area contributed by atoms with Crippen LogP contribution in [-0.4, -0.2) is 40.0 Å². The van der Waals surface area contributed by atoms with Crippen LogP contribution in [0.3, 0.4) is 0 Å². The monoisotopic (exact) mass is 308 g/mol. The zero-order valence-corrected chi connectivity index (χ0v) is 13.5. The van der Waals surface area contributed by atoms with Crippen molar-refractivity contribution in [3.8, 4) is 11.4 Å². The van der Waals surface area contributed by atoms with Crippen molar-refractivity contribution in [2.24, 2.45) is 0 Å². The molecule has 2 atom stereocenters. The van der Waals surface area contributed by atoms with Gasteiger partial charge in [-0.05, 0) is 25.8 Å². The van der Waals surface area contributed by atoms with Gasteiger partial charge in [0.15, 0.2) is 5.82 Å². The second-order valence-corrected chi connectivity index (χ2v) is 6.66. The summed E-state index contributed by atoms with van der Waals surface area (Å²) in [5, 5.41) is 3.73. The van der Waals surface area contributed by atoms with Crippen LogP contribution >= 0.6 is 0 Å². The number of hydrogen-bond donors (Lipinski definition) is 1. The fourth-order valence-corrected chi connectivity index (χ4v) is 3.92. The lowest BCUT2D eigenvalue weighted by Crippen LogP contribution is -2.44. The van der Waals surface area contributed by atoms with Crippen molar-refractivity contribution in [3.05, 3.63) is 48.3 Å². The molecule has 0 saturated carbocycles. The van der Waals surface area contributed by atoms with Gasteiger partial charge in [-0.1, -0.05) is 36.8 Å². The molecule has 120 valence electrons. The minimum atomic E-state index is 0.629. The molecule has 4 nitrogen and oxygen atoms in total. The Labute approximate surface area is 138 Å². The average molecular weight is 308 g/mol. The summed E-state index contributed by atoms with van der Waals surface area (Å²) in [6, 6.07) is 11.5. The molecular weight excluding hydrogens is 284 g/mol. The first kappa shape index (κ1) is 14.8. The van der Waals surface area contributed by atoms with Gasteiger partial charge in [0, 0.05) is 48.7 Å². The fourth-order valence-electron chi connectivity index (χ4n) is 3.92. The first-order chi connectivity index (χ1) is 11.4. The van der Waals surface area contributed by atoms with E-state index in [-0.39, 0.29) is 0 Å². The Kier molecular flexibility index (Phi) is 4.35. The molecule has 4 rings (SSSR count). The van der Waals surface area contributed by atoms with E-state index >= 15 is 0 Å². The molecule has 23 heavy (non-hydrogen) atoms. The second-order valence-electron chi connectivity index (χ2n) is 6.66. The van der Waals surface area contributed by atoms with Gasteiger partial charge in [-0.3, -0.25) is 4.90 Å². The Morgan fingerprint density at radius 1 is 1.00 bits per heavy atom. The maximum absolute atomic E-state index is 4.51. The van der Waals surface area contributed by atoms with Gasteiger partial charge in [-0.15, -0.1) is 0 Å². The molecule has 1 aromatic heterocycles. The van der Waals surface area contributed by atoms with Gasteiger partial charge in [0.2, 0.25) is 0 Å². The van der Waals surface area contributed by atoms with Crippen molar-refractivity contribution >= 4 is 0 Å². The van der Waals surface area contributed by atoms with E-state index in [2.05, 4.69) is 20.2 Å². The van der Waals surface area contributed by atoms with E-state index in [1.165, 1.54) is 44.3 Å². The second kappa shape index (κ2) is 6.77. The van der Waals surface area contributed by atoms with Gasteiger partial charge >= 0.3 is 0 Å². The maximum Gasteiger partial charge on any atom is 0.159 e. The highest BCUT2D eigenvalue weighted by Gasteiger charge is 2.34. The minimum Gasteiger partial charge on any atom is -0.308 e. The number of nitrogens with one attached hydrogen (secondary N) is 1. The molecule has 0 radical (unpaired) electrons. The highest BCUT2D eigenvalue weighted by atomic mass is 15.2. The number of fused-ring (bicyclic) bond motifs is 1. The molecule has 1 aromatic carbocycles. The molecule has 2 aliphatic rings. The first-order valence-electron chi connectivity index (χ1n) is 8.74. The molecule has 0 aliphatic carbocycles. The van der Waals surface area contributed by atoms with Gasteiger partial charge in [0.1, 0.15) is 0 Å². The third kappa shape index (κ3) is 3.28. The fraction of sp³-hybridized carbons (Fsp3) is 0.474. The van der Waals surface area contributed by atoms with E-state index in [0.717, 1.165) is 24.0 Å². The molecule has 2 aromatic rings. The molecule has 0 bridgehead atoms. The van der Waals surface area contributed by atoms with Crippen LogP contribution in [0.2, 0.25) is 0 Å². The number of nitrogens with zero attached hydrogens (tertiary/aromatic N) is 3. The Bertz CT molecular complexity index is 626. The van der Waals surface area contributed by atoms with E-state index in [9.17, 15) is 0 Å². The van der Waals surface area contributed by atoms with Crippen molar-refractivity contribution in [1.29, 1.82) is 0 Å². The van der Waals surface area contributed by atoms with E-state index in [0.29, 0.717) is 6.04 Å². The topological polar surface area (TPSA) is 41.1 Å². The number of piperidine rings is 1. The van der Waals surface area contributed by atoms with Crippen LogP contribution in [0.15, 0.2) is 42.7 Å². The molecule has 3 heterocycles. The quantitative estimate of drug-likeness (QED) is 0.943. The van der Waals surface area contributed by atoms with Crippen LogP contribution in [0.5, 0.6) is 0 Å². The van der Waals surface area contributed by atoms with Crippen LogP contribution in [0.1, 0.15) is 31.2 Å². The summed E-state index contributed by atoms with van der Waals surface area (Å²) in [4.78, 5) is 11.7. The first-order valence-corrected chi connectivity index (χ1v) is 8.74. The Morgan fingerprint density at radius 2 is 1.83 bits per heavy atom. The summed E-state index contributed by atoms with van der Waals surface area (Å²) in [5.74, 6) is 0.800. The van der Waals surface area contributed by atoms with Crippen LogP contribution in [0.25, 0.3) is 11.4 Å². The van der Waals surface area contributed by atoms with Crippen LogP contribution in [-0.2, 0) is 6.54 Å². The number of hydrogen-bond acceptors (Lipinski definition) is 4. The molecule has 0 spiro atoms. The molecule has 2 aliphatic heterocycles. The van der Waals surface area contributed by atoms with Crippen LogP contribution in [0.4, 0.5) is 0 Å². The summed E-state index contributed by atoms with van der Waals surface area (Å²) >= 11 is 0.